The summed E-state index contributed by atoms with van der Waals surface area (Å²) in [5.41, 5.74) is 2.21. The molecular formula is C23H23Cl2N7O3. The third kappa shape index (κ3) is 5.57. The zero-order valence-corrected chi connectivity index (χ0v) is 20.2. The first-order chi connectivity index (χ1) is 17.1. The van der Waals surface area contributed by atoms with Gasteiger partial charge in [-0.25, -0.2) is 0 Å². The molecule has 0 bridgehead atoms. The number of ether oxygens (including phenoxy) is 2. The van der Waals surface area contributed by atoms with Gasteiger partial charge in [-0.3, -0.25) is 24.5 Å². The minimum absolute atomic E-state index is 0.161. The van der Waals surface area contributed by atoms with Gasteiger partial charge in [-0.15, -0.1) is 0 Å². The molecule has 1 aliphatic rings. The van der Waals surface area contributed by atoms with Crippen molar-refractivity contribution in [1.82, 2.24) is 29.9 Å². The van der Waals surface area contributed by atoms with Gasteiger partial charge in [0.2, 0.25) is 0 Å². The Kier molecular flexibility index (Phi) is 7.14. The second-order valence-corrected chi connectivity index (χ2v) is 8.86. The minimum atomic E-state index is -0.346. The van der Waals surface area contributed by atoms with Gasteiger partial charge in [-0.2, -0.15) is 10.2 Å². The van der Waals surface area contributed by atoms with E-state index in [1.165, 1.54) is 12.4 Å². The van der Waals surface area contributed by atoms with Crippen molar-refractivity contribution >= 4 is 45.7 Å². The number of H-pyrrole nitrogens is 1. The van der Waals surface area contributed by atoms with Crippen LogP contribution in [0.3, 0.4) is 0 Å². The van der Waals surface area contributed by atoms with Crippen molar-refractivity contribution in [3.8, 4) is 5.75 Å². The van der Waals surface area contributed by atoms with Crippen molar-refractivity contribution in [2.75, 3.05) is 38.2 Å². The molecule has 2 N–H and O–H groups in total. The molecule has 0 radical (unpaired) electrons. The van der Waals surface area contributed by atoms with E-state index in [0.717, 1.165) is 39.4 Å². The SMILES string of the molecule is O=C(Nc1cnn(CCN2CCOCC2)c1)c1n[nH]c2ccc(OCc3c(Cl)cncc3Cl)cc12. The lowest BCUT2D eigenvalue weighted by atomic mass is 10.2. The number of morpholine rings is 1. The number of fused-ring (bicyclic) bond motifs is 1. The van der Waals surface area contributed by atoms with Crippen LogP contribution in [0.15, 0.2) is 43.0 Å². The Bertz CT molecular complexity index is 1310. The highest BCUT2D eigenvalue weighted by atomic mass is 35.5. The van der Waals surface area contributed by atoms with Crippen molar-refractivity contribution in [1.29, 1.82) is 0 Å². The zero-order chi connectivity index (χ0) is 24.2. The summed E-state index contributed by atoms with van der Waals surface area (Å²) in [6, 6.07) is 5.33. The summed E-state index contributed by atoms with van der Waals surface area (Å²) in [6.45, 7) is 5.13. The number of carbonyl (C=O) groups excluding carboxylic acids is 1. The molecular weight excluding hydrogens is 493 g/mol. The Hall–Kier alpha value is -3.18. The summed E-state index contributed by atoms with van der Waals surface area (Å²) in [6.07, 6.45) is 6.46. The molecule has 4 aromatic rings. The number of aromatic amines is 1. The molecule has 1 aromatic carbocycles. The van der Waals surface area contributed by atoms with E-state index in [1.54, 1.807) is 24.4 Å². The summed E-state index contributed by atoms with van der Waals surface area (Å²) in [4.78, 5) is 19.2. The summed E-state index contributed by atoms with van der Waals surface area (Å²) in [7, 11) is 0. The molecule has 12 heteroatoms. The first-order valence-electron chi connectivity index (χ1n) is 11.1. The van der Waals surface area contributed by atoms with Crippen LogP contribution >= 0.6 is 23.2 Å². The number of nitrogens with one attached hydrogen (secondary N) is 2. The highest BCUT2D eigenvalue weighted by molar-refractivity contribution is 6.35. The summed E-state index contributed by atoms with van der Waals surface area (Å²) >= 11 is 12.3. The van der Waals surface area contributed by atoms with Gasteiger partial charge in [0, 0.05) is 49.2 Å². The molecule has 1 fully saturated rings. The van der Waals surface area contributed by atoms with Crippen molar-refractivity contribution in [3.05, 3.63) is 64.3 Å². The maximum absolute atomic E-state index is 12.9. The third-order valence-electron chi connectivity index (χ3n) is 5.73. The van der Waals surface area contributed by atoms with Crippen molar-refractivity contribution < 1.29 is 14.3 Å². The molecule has 1 aliphatic heterocycles. The number of halogens is 2. The molecule has 182 valence electrons. The molecule has 0 atom stereocenters. The quantitative estimate of drug-likeness (QED) is 0.368. The van der Waals surface area contributed by atoms with Gasteiger partial charge in [-0.1, -0.05) is 23.2 Å². The first kappa shape index (κ1) is 23.6. The van der Waals surface area contributed by atoms with E-state index in [9.17, 15) is 4.79 Å². The minimum Gasteiger partial charge on any atom is -0.489 e. The Morgan fingerprint density at radius 3 is 2.74 bits per heavy atom. The predicted molar refractivity (Wildman–Crippen MR) is 132 cm³/mol. The lowest BCUT2D eigenvalue weighted by Crippen LogP contribution is -2.38. The smallest absolute Gasteiger partial charge is 0.276 e. The Labute approximate surface area is 211 Å². The normalized spacial score (nSPS) is 14.3. The number of rotatable bonds is 8. The average molecular weight is 516 g/mol. The van der Waals surface area contributed by atoms with Crippen LogP contribution in [0.25, 0.3) is 10.9 Å². The van der Waals surface area contributed by atoms with Gasteiger partial charge in [0.05, 0.1) is 47.2 Å². The number of hydrogen-bond acceptors (Lipinski definition) is 7. The molecule has 35 heavy (non-hydrogen) atoms. The molecule has 10 nitrogen and oxygen atoms in total. The summed E-state index contributed by atoms with van der Waals surface area (Å²) in [5.74, 6) is 0.203. The van der Waals surface area contributed by atoms with Crippen LogP contribution in [0, 0.1) is 0 Å². The number of pyridine rings is 1. The number of aromatic nitrogens is 5. The Balaban J connectivity index is 1.24. The van der Waals surface area contributed by atoms with E-state index in [4.69, 9.17) is 32.7 Å². The molecule has 0 aliphatic carbocycles. The number of hydrogen-bond donors (Lipinski definition) is 2. The van der Waals surface area contributed by atoms with Crippen LogP contribution in [0.1, 0.15) is 16.1 Å². The maximum atomic E-state index is 12.9. The predicted octanol–water partition coefficient (Wildman–Crippen LogP) is 3.62. The number of anilines is 1. The van der Waals surface area contributed by atoms with E-state index in [2.05, 4.69) is 30.5 Å². The number of nitrogens with zero attached hydrogens (tertiary/aromatic N) is 5. The van der Waals surface area contributed by atoms with Crippen LogP contribution in [0.5, 0.6) is 5.75 Å². The molecule has 5 rings (SSSR count). The lowest BCUT2D eigenvalue weighted by Gasteiger charge is -2.26. The van der Waals surface area contributed by atoms with Crippen molar-refractivity contribution in [3.63, 3.8) is 0 Å². The second kappa shape index (κ2) is 10.6. The molecule has 3 aromatic heterocycles. The van der Waals surface area contributed by atoms with E-state index in [1.807, 2.05) is 10.9 Å². The molecule has 0 saturated carbocycles. The number of carbonyl (C=O) groups is 1. The van der Waals surface area contributed by atoms with Crippen LogP contribution in [-0.4, -0.2) is 68.6 Å². The molecule has 0 unspecified atom stereocenters. The van der Waals surface area contributed by atoms with Gasteiger partial charge in [-0.05, 0) is 18.2 Å². The van der Waals surface area contributed by atoms with E-state index in [0.29, 0.717) is 37.9 Å². The van der Waals surface area contributed by atoms with Gasteiger partial charge >= 0.3 is 0 Å². The summed E-state index contributed by atoms with van der Waals surface area (Å²) < 4.78 is 13.1. The number of amides is 1. The standard InChI is InChI=1S/C23H23Cl2N7O3/c24-19-11-26-12-20(25)18(19)14-35-16-1-2-21-17(9-16)22(30-29-21)23(33)28-15-10-27-32(13-15)4-3-31-5-7-34-8-6-31/h1-2,9-13H,3-8,14H2,(H,28,33)(H,29,30). The van der Waals surface area contributed by atoms with Gasteiger partial charge in [0.1, 0.15) is 12.4 Å². The van der Waals surface area contributed by atoms with Crippen LogP contribution < -0.4 is 10.1 Å². The van der Waals surface area contributed by atoms with E-state index < -0.39 is 0 Å². The van der Waals surface area contributed by atoms with Gasteiger partial charge in [0.15, 0.2) is 5.69 Å². The fourth-order valence-electron chi connectivity index (χ4n) is 3.80. The Morgan fingerprint density at radius 1 is 1.14 bits per heavy atom. The monoisotopic (exact) mass is 515 g/mol. The van der Waals surface area contributed by atoms with Crippen molar-refractivity contribution in [2.24, 2.45) is 0 Å². The topological polar surface area (TPSA) is 110 Å². The molecule has 0 spiro atoms. The average Bonchev–Trinajstić information content (AvgIpc) is 3.49. The molecule has 1 amide bonds. The van der Waals surface area contributed by atoms with Gasteiger partial charge < -0.3 is 14.8 Å². The molecule has 1 saturated heterocycles. The van der Waals surface area contributed by atoms with Crippen LogP contribution in [0.4, 0.5) is 5.69 Å². The Morgan fingerprint density at radius 2 is 1.94 bits per heavy atom. The third-order valence-corrected chi connectivity index (χ3v) is 6.38. The van der Waals surface area contributed by atoms with E-state index >= 15 is 0 Å². The highest BCUT2D eigenvalue weighted by Gasteiger charge is 2.17. The van der Waals surface area contributed by atoms with Crippen LogP contribution in [0.2, 0.25) is 10.0 Å². The van der Waals surface area contributed by atoms with Crippen molar-refractivity contribution in [2.45, 2.75) is 13.2 Å². The van der Waals surface area contributed by atoms with E-state index in [-0.39, 0.29) is 18.2 Å². The zero-order valence-electron chi connectivity index (χ0n) is 18.7. The maximum Gasteiger partial charge on any atom is 0.276 e. The lowest BCUT2D eigenvalue weighted by molar-refractivity contribution is 0.0360. The number of benzene rings is 1. The highest BCUT2D eigenvalue weighted by Crippen LogP contribution is 2.27. The fourth-order valence-corrected chi connectivity index (χ4v) is 4.27. The summed E-state index contributed by atoms with van der Waals surface area (Å²) in [5, 5.41) is 15.8. The molecule has 4 heterocycles. The largest absolute Gasteiger partial charge is 0.489 e. The van der Waals surface area contributed by atoms with Gasteiger partial charge in [0.25, 0.3) is 5.91 Å². The van der Waals surface area contributed by atoms with Crippen LogP contribution in [-0.2, 0) is 17.9 Å². The second-order valence-electron chi connectivity index (χ2n) is 8.05. The first-order valence-corrected chi connectivity index (χ1v) is 11.8. The fraction of sp³-hybridized carbons (Fsp3) is 0.304.